The van der Waals surface area contributed by atoms with E-state index in [4.69, 9.17) is 0 Å². The van der Waals surface area contributed by atoms with E-state index in [1.807, 2.05) is 53.4 Å². The molecule has 1 fully saturated rings. The van der Waals surface area contributed by atoms with Gasteiger partial charge in [0, 0.05) is 24.8 Å². The maximum absolute atomic E-state index is 13.0. The van der Waals surface area contributed by atoms with E-state index in [1.165, 1.54) is 0 Å². The summed E-state index contributed by atoms with van der Waals surface area (Å²) in [6.07, 6.45) is 2.59. The van der Waals surface area contributed by atoms with E-state index < -0.39 is 6.10 Å². The van der Waals surface area contributed by atoms with E-state index in [0.29, 0.717) is 24.3 Å². The molecule has 4 rings (SSSR count). The number of aliphatic hydroxyl groups excluding tert-OH is 1. The molecule has 1 saturated heterocycles. The summed E-state index contributed by atoms with van der Waals surface area (Å²) in [4.78, 5) is 19.1. The van der Waals surface area contributed by atoms with Crippen molar-refractivity contribution in [2.75, 3.05) is 13.1 Å². The second kappa shape index (κ2) is 8.45. The zero-order chi connectivity index (χ0) is 20.2. The van der Waals surface area contributed by atoms with E-state index in [2.05, 4.69) is 4.98 Å². The number of hydrogen-bond acceptors (Lipinski definition) is 4. The monoisotopic (exact) mass is 388 g/mol. The Balaban J connectivity index is 1.43. The highest BCUT2D eigenvalue weighted by molar-refractivity contribution is 5.95. The van der Waals surface area contributed by atoms with Gasteiger partial charge in [0.15, 0.2) is 0 Å². The van der Waals surface area contributed by atoms with Crippen LogP contribution in [0.15, 0.2) is 72.9 Å². The molecule has 5 heteroatoms. The number of phenolic OH excluding ortho intramolecular Hbond substituents is 1. The summed E-state index contributed by atoms with van der Waals surface area (Å²) in [5, 5.41) is 20.3. The van der Waals surface area contributed by atoms with Gasteiger partial charge in [-0.2, -0.15) is 0 Å². The van der Waals surface area contributed by atoms with Crippen LogP contribution in [0.5, 0.6) is 5.75 Å². The smallest absolute Gasteiger partial charge is 0.253 e. The molecule has 0 bridgehead atoms. The quantitative estimate of drug-likeness (QED) is 0.707. The summed E-state index contributed by atoms with van der Waals surface area (Å²) in [7, 11) is 0. The Morgan fingerprint density at radius 1 is 0.966 bits per heavy atom. The number of carbonyl (C=O) groups is 1. The molecule has 1 aliphatic heterocycles. The number of rotatable bonds is 4. The standard InChI is InChI=1S/C24H24N2O3/c27-21-8-4-6-19(16-21)18-5-3-7-20(15-18)24(29)26-13-10-17(11-14-26)23(28)22-9-1-2-12-25-22/h1-9,12,15-17,23,27-28H,10-11,13-14H2/t23-/m1/s1. The third-order valence-electron chi connectivity index (χ3n) is 5.55. The van der Waals surface area contributed by atoms with Gasteiger partial charge >= 0.3 is 0 Å². The minimum absolute atomic E-state index is 0.00206. The molecule has 1 atom stereocenters. The van der Waals surface area contributed by atoms with Gasteiger partial charge in [0.25, 0.3) is 5.91 Å². The summed E-state index contributed by atoms with van der Waals surface area (Å²) in [6, 6.07) is 20.1. The van der Waals surface area contributed by atoms with Crippen LogP contribution in [-0.2, 0) is 0 Å². The van der Waals surface area contributed by atoms with Gasteiger partial charge in [-0.3, -0.25) is 9.78 Å². The number of phenols is 1. The number of amides is 1. The second-order valence-electron chi connectivity index (χ2n) is 7.46. The number of aromatic nitrogens is 1. The number of nitrogens with zero attached hydrogens (tertiary/aromatic N) is 2. The fourth-order valence-electron chi connectivity index (χ4n) is 3.91. The fourth-order valence-corrected chi connectivity index (χ4v) is 3.91. The van der Waals surface area contributed by atoms with Crippen LogP contribution in [0.25, 0.3) is 11.1 Å². The van der Waals surface area contributed by atoms with Crippen molar-refractivity contribution in [1.82, 2.24) is 9.88 Å². The van der Waals surface area contributed by atoms with Gasteiger partial charge in [0.1, 0.15) is 5.75 Å². The van der Waals surface area contributed by atoms with Gasteiger partial charge in [-0.25, -0.2) is 0 Å². The van der Waals surface area contributed by atoms with Crippen LogP contribution in [0, 0.1) is 5.92 Å². The molecule has 5 nitrogen and oxygen atoms in total. The first-order valence-corrected chi connectivity index (χ1v) is 9.89. The van der Waals surface area contributed by atoms with E-state index in [9.17, 15) is 15.0 Å². The van der Waals surface area contributed by atoms with Crippen LogP contribution in [0.2, 0.25) is 0 Å². The third-order valence-corrected chi connectivity index (χ3v) is 5.55. The summed E-state index contributed by atoms with van der Waals surface area (Å²) in [6.45, 7) is 1.23. The third kappa shape index (κ3) is 4.30. The van der Waals surface area contributed by atoms with Gasteiger partial charge < -0.3 is 15.1 Å². The zero-order valence-corrected chi connectivity index (χ0v) is 16.1. The van der Waals surface area contributed by atoms with Crippen LogP contribution < -0.4 is 0 Å². The molecule has 2 N–H and O–H groups in total. The Morgan fingerprint density at radius 2 is 1.69 bits per heavy atom. The highest BCUT2D eigenvalue weighted by Crippen LogP contribution is 2.30. The predicted octanol–water partition coefficient (Wildman–Crippen LogP) is 4.04. The molecule has 0 aliphatic carbocycles. The average Bonchev–Trinajstić information content (AvgIpc) is 2.79. The van der Waals surface area contributed by atoms with Crippen molar-refractivity contribution in [3.8, 4) is 16.9 Å². The van der Waals surface area contributed by atoms with Crippen LogP contribution >= 0.6 is 0 Å². The molecule has 148 valence electrons. The Bertz CT molecular complexity index is 982. The average molecular weight is 388 g/mol. The highest BCUT2D eigenvalue weighted by atomic mass is 16.3. The maximum atomic E-state index is 13.0. The number of aromatic hydroxyl groups is 1. The first kappa shape index (κ1) is 19.2. The van der Waals surface area contributed by atoms with Crippen molar-refractivity contribution in [1.29, 1.82) is 0 Å². The van der Waals surface area contributed by atoms with Crippen molar-refractivity contribution in [2.45, 2.75) is 18.9 Å². The summed E-state index contributed by atoms with van der Waals surface area (Å²) >= 11 is 0. The van der Waals surface area contributed by atoms with Crippen LogP contribution in [0.3, 0.4) is 0 Å². The van der Waals surface area contributed by atoms with Crippen molar-refractivity contribution in [2.24, 2.45) is 5.92 Å². The molecule has 0 radical (unpaired) electrons. The predicted molar refractivity (Wildman–Crippen MR) is 111 cm³/mol. The van der Waals surface area contributed by atoms with E-state index in [1.54, 1.807) is 24.4 Å². The van der Waals surface area contributed by atoms with Gasteiger partial charge in [-0.05, 0) is 66.3 Å². The Labute approximate surface area is 170 Å². The maximum Gasteiger partial charge on any atom is 0.253 e. The first-order valence-electron chi connectivity index (χ1n) is 9.89. The van der Waals surface area contributed by atoms with E-state index >= 15 is 0 Å². The molecule has 3 aromatic rings. The number of pyridine rings is 1. The molecule has 1 aliphatic rings. The van der Waals surface area contributed by atoms with Crippen LogP contribution in [0.4, 0.5) is 0 Å². The molecule has 29 heavy (non-hydrogen) atoms. The molecule has 2 heterocycles. The van der Waals surface area contributed by atoms with Crippen LogP contribution in [0.1, 0.15) is 35.0 Å². The fraction of sp³-hybridized carbons (Fsp3) is 0.250. The molecule has 1 aromatic heterocycles. The molecule has 2 aromatic carbocycles. The summed E-state index contributed by atoms with van der Waals surface area (Å²) in [5.41, 5.74) is 3.09. The Hall–Kier alpha value is -3.18. The number of aliphatic hydroxyl groups is 1. The lowest BCUT2D eigenvalue weighted by Gasteiger charge is -2.34. The molecular weight excluding hydrogens is 364 g/mol. The van der Waals surface area contributed by atoms with Gasteiger partial charge in [-0.1, -0.05) is 30.3 Å². The van der Waals surface area contributed by atoms with E-state index in [0.717, 1.165) is 24.0 Å². The number of benzene rings is 2. The summed E-state index contributed by atoms with van der Waals surface area (Å²) < 4.78 is 0. The van der Waals surface area contributed by atoms with Crippen molar-refractivity contribution in [3.63, 3.8) is 0 Å². The minimum Gasteiger partial charge on any atom is -0.508 e. The Morgan fingerprint density at radius 3 is 2.38 bits per heavy atom. The van der Waals surface area contributed by atoms with Gasteiger partial charge in [-0.15, -0.1) is 0 Å². The molecular formula is C24H24N2O3. The van der Waals surface area contributed by atoms with Gasteiger partial charge in [0.05, 0.1) is 11.8 Å². The number of hydrogen-bond donors (Lipinski definition) is 2. The highest BCUT2D eigenvalue weighted by Gasteiger charge is 2.29. The van der Waals surface area contributed by atoms with Crippen molar-refractivity contribution < 1.29 is 15.0 Å². The Kier molecular flexibility index (Phi) is 5.58. The van der Waals surface area contributed by atoms with Crippen molar-refractivity contribution >= 4 is 5.91 Å². The first-order chi connectivity index (χ1) is 14.1. The minimum atomic E-state index is -0.595. The van der Waals surface area contributed by atoms with Gasteiger partial charge in [0.2, 0.25) is 0 Å². The van der Waals surface area contributed by atoms with Crippen molar-refractivity contribution in [3.05, 3.63) is 84.2 Å². The SMILES string of the molecule is O=C(c1cccc(-c2cccc(O)c2)c1)N1CCC([C@@H](O)c2ccccn2)CC1. The number of carbonyl (C=O) groups excluding carboxylic acids is 1. The lowest BCUT2D eigenvalue weighted by Crippen LogP contribution is -2.39. The second-order valence-corrected chi connectivity index (χ2v) is 7.46. The lowest BCUT2D eigenvalue weighted by molar-refractivity contribution is 0.0447. The summed E-state index contributed by atoms with van der Waals surface area (Å²) in [5.74, 6) is 0.304. The largest absolute Gasteiger partial charge is 0.508 e. The normalized spacial score (nSPS) is 15.8. The van der Waals surface area contributed by atoms with Crippen LogP contribution in [-0.4, -0.2) is 39.1 Å². The van der Waals surface area contributed by atoms with E-state index in [-0.39, 0.29) is 17.6 Å². The number of likely N-dealkylation sites (tertiary alicyclic amines) is 1. The molecule has 0 unspecified atom stereocenters. The lowest BCUT2D eigenvalue weighted by atomic mass is 9.89. The number of piperidine rings is 1. The molecule has 0 spiro atoms. The molecule has 0 saturated carbocycles. The topological polar surface area (TPSA) is 73.7 Å². The zero-order valence-electron chi connectivity index (χ0n) is 16.1. The molecule has 1 amide bonds.